The Morgan fingerprint density at radius 3 is 3.04 bits per heavy atom. The second-order valence-electron chi connectivity index (χ2n) is 7.39. The number of benzene rings is 1. The molecule has 5 nitrogen and oxygen atoms in total. The number of thiophene rings is 1. The molecule has 0 fully saturated rings. The summed E-state index contributed by atoms with van der Waals surface area (Å²) in [6, 6.07) is 7.99. The Bertz CT molecular complexity index is 1090. The molecular weight excluding hydrogens is 390 g/mol. The Morgan fingerprint density at radius 2 is 2.21 bits per heavy atom. The number of fused-ring (bicyclic) bond motifs is 3. The summed E-state index contributed by atoms with van der Waals surface area (Å²) in [5.74, 6) is 0.809. The zero-order valence-electron chi connectivity index (χ0n) is 16.0. The van der Waals surface area contributed by atoms with E-state index in [1.807, 2.05) is 31.2 Å². The monoisotopic (exact) mass is 413 g/mol. The lowest BCUT2D eigenvalue weighted by atomic mass is 9.89. The summed E-state index contributed by atoms with van der Waals surface area (Å²) in [4.78, 5) is 34.4. The SMILES string of the molecule is Cc1ccccc1CNC(=O)CSc1nc2sc3c(c2c(=O)[nH]1)CC[C@H](C)C3. The van der Waals surface area contributed by atoms with Crippen molar-refractivity contribution < 1.29 is 4.79 Å². The first-order chi connectivity index (χ1) is 13.5. The number of aryl methyl sites for hydroxylation is 2. The van der Waals surface area contributed by atoms with Gasteiger partial charge in [-0.1, -0.05) is 43.0 Å². The molecule has 0 spiro atoms. The van der Waals surface area contributed by atoms with Gasteiger partial charge in [-0.15, -0.1) is 11.3 Å². The fourth-order valence-electron chi connectivity index (χ4n) is 3.58. The van der Waals surface area contributed by atoms with Crippen LogP contribution in [0.5, 0.6) is 0 Å². The molecule has 0 aliphatic heterocycles. The zero-order chi connectivity index (χ0) is 19.7. The third-order valence-corrected chi connectivity index (χ3v) is 7.24. The summed E-state index contributed by atoms with van der Waals surface area (Å²) >= 11 is 2.90. The second kappa shape index (κ2) is 8.09. The van der Waals surface area contributed by atoms with Crippen LogP contribution >= 0.6 is 23.1 Å². The van der Waals surface area contributed by atoms with Crippen LogP contribution in [-0.4, -0.2) is 21.6 Å². The van der Waals surface area contributed by atoms with Gasteiger partial charge in [0.15, 0.2) is 5.16 Å². The molecule has 3 aromatic rings. The van der Waals surface area contributed by atoms with Gasteiger partial charge in [-0.2, -0.15) is 0 Å². The molecule has 2 N–H and O–H groups in total. The number of carbonyl (C=O) groups excluding carboxylic acids is 1. The maximum Gasteiger partial charge on any atom is 0.260 e. The van der Waals surface area contributed by atoms with Crippen LogP contribution in [0, 0.1) is 12.8 Å². The fourth-order valence-corrected chi connectivity index (χ4v) is 5.72. The lowest BCUT2D eigenvalue weighted by Crippen LogP contribution is -2.25. The van der Waals surface area contributed by atoms with Crippen LogP contribution in [0.3, 0.4) is 0 Å². The molecule has 2 aromatic heterocycles. The molecular formula is C21H23N3O2S2. The van der Waals surface area contributed by atoms with Crippen LogP contribution in [-0.2, 0) is 24.2 Å². The Labute approximate surface area is 172 Å². The van der Waals surface area contributed by atoms with E-state index in [1.165, 1.54) is 22.2 Å². The predicted octanol–water partition coefficient (Wildman–Crippen LogP) is 3.83. The Hall–Kier alpha value is -2.12. The van der Waals surface area contributed by atoms with Gasteiger partial charge < -0.3 is 10.3 Å². The number of rotatable bonds is 5. The van der Waals surface area contributed by atoms with Gasteiger partial charge in [-0.3, -0.25) is 9.59 Å². The van der Waals surface area contributed by atoms with Gasteiger partial charge in [0, 0.05) is 11.4 Å². The summed E-state index contributed by atoms with van der Waals surface area (Å²) in [6.07, 6.45) is 3.10. The number of aromatic nitrogens is 2. The number of nitrogens with one attached hydrogen (secondary N) is 2. The number of hydrogen-bond acceptors (Lipinski definition) is 5. The number of aromatic amines is 1. The molecule has 1 amide bonds. The second-order valence-corrected chi connectivity index (χ2v) is 9.44. The first-order valence-electron chi connectivity index (χ1n) is 9.50. The summed E-state index contributed by atoms with van der Waals surface area (Å²) in [5.41, 5.74) is 3.36. The highest BCUT2D eigenvalue weighted by Crippen LogP contribution is 2.36. The van der Waals surface area contributed by atoms with Crippen LogP contribution in [0.4, 0.5) is 0 Å². The number of nitrogens with zero attached hydrogens (tertiary/aromatic N) is 1. The average molecular weight is 414 g/mol. The Morgan fingerprint density at radius 1 is 1.39 bits per heavy atom. The highest BCUT2D eigenvalue weighted by atomic mass is 32.2. The van der Waals surface area contributed by atoms with Gasteiger partial charge in [0.1, 0.15) is 4.83 Å². The highest BCUT2D eigenvalue weighted by Gasteiger charge is 2.23. The summed E-state index contributed by atoms with van der Waals surface area (Å²) < 4.78 is 0. The van der Waals surface area contributed by atoms with E-state index in [2.05, 4.69) is 22.2 Å². The Balaban J connectivity index is 1.43. The molecule has 0 unspecified atom stereocenters. The van der Waals surface area contributed by atoms with Gasteiger partial charge in [-0.05, 0) is 48.8 Å². The molecule has 4 rings (SSSR count). The van der Waals surface area contributed by atoms with Crippen molar-refractivity contribution in [3.05, 3.63) is 56.2 Å². The summed E-state index contributed by atoms with van der Waals surface area (Å²) in [6.45, 7) is 4.79. The van der Waals surface area contributed by atoms with E-state index < -0.39 is 0 Å². The summed E-state index contributed by atoms with van der Waals surface area (Å²) in [5, 5.41) is 4.19. The van der Waals surface area contributed by atoms with Crippen molar-refractivity contribution in [2.45, 2.75) is 44.8 Å². The first kappa shape index (κ1) is 19.2. The molecule has 1 atom stereocenters. The van der Waals surface area contributed by atoms with Gasteiger partial charge >= 0.3 is 0 Å². The molecule has 2 heterocycles. The smallest absolute Gasteiger partial charge is 0.260 e. The minimum atomic E-state index is -0.0835. The molecule has 28 heavy (non-hydrogen) atoms. The molecule has 0 radical (unpaired) electrons. The molecule has 0 saturated heterocycles. The van der Waals surface area contributed by atoms with Crippen LogP contribution < -0.4 is 10.9 Å². The minimum Gasteiger partial charge on any atom is -0.351 e. The van der Waals surface area contributed by atoms with E-state index in [0.717, 1.165) is 40.6 Å². The van der Waals surface area contributed by atoms with E-state index >= 15 is 0 Å². The number of carbonyl (C=O) groups is 1. The van der Waals surface area contributed by atoms with Crippen LogP contribution in [0.1, 0.15) is 34.9 Å². The topological polar surface area (TPSA) is 74.8 Å². The molecule has 1 aromatic carbocycles. The van der Waals surface area contributed by atoms with E-state index in [1.54, 1.807) is 11.3 Å². The van der Waals surface area contributed by atoms with Gasteiger partial charge in [0.2, 0.25) is 5.91 Å². The van der Waals surface area contributed by atoms with Crippen molar-refractivity contribution in [1.29, 1.82) is 0 Å². The third-order valence-electron chi connectivity index (χ3n) is 5.22. The molecule has 0 bridgehead atoms. The Kier molecular flexibility index (Phi) is 5.55. The van der Waals surface area contributed by atoms with E-state index in [0.29, 0.717) is 17.6 Å². The number of H-pyrrole nitrogens is 1. The lowest BCUT2D eigenvalue weighted by Gasteiger charge is -2.17. The number of thioether (sulfide) groups is 1. The number of hydrogen-bond donors (Lipinski definition) is 2. The predicted molar refractivity (Wildman–Crippen MR) is 115 cm³/mol. The van der Waals surface area contributed by atoms with E-state index in [4.69, 9.17) is 0 Å². The van der Waals surface area contributed by atoms with Crippen LogP contribution in [0.2, 0.25) is 0 Å². The average Bonchev–Trinajstić information content (AvgIpc) is 3.03. The van der Waals surface area contributed by atoms with Gasteiger partial charge in [0.25, 0.3) is 5.56 Å². The van der Waals surface area contributed by atoms with Crippen LogP contribution in [0.15, 0.2) is 34.2 Å². The van der Waals surface area contributed by atoms with Crippen molar-refractivity contribution in [3.8, 4) is 0 Å². The molecule has 1 aliphatic rings. The molecule has 146 valence electrons. The van der Waals surface area contributed by atoms with E-state index in [9.17, 15) is 9.59 Å². The largest absolute Gasteiger partial charge is 0.351 e. The minimum absolute atomic E-state index is 0.0738. The molecule has 1 aliphatic carbocycles. The van der Waals surface area contributed by atoms with Gasteiger partial charge in [-0.25, -0.2) is 4.98 Å². The third kappa shape index (κ3) is 4.00. The van der Waals surface area contributed by atoms with Crippen molar-refractivity contribution in [2.75, 3.05) is 5.75 Å². The van der Waals surface area contributed by atoms with Crippen molar-refractivity contribution in [3.63, 3.8) is 0 Å². The summed E-state index contributed by atoms with van der Waals surface area (Å²) in [7, 11) is 0. The zero-order valence-corrected chi connectivity index (χ0v) is 17.6. The molecule has 7 heteroatoms. The fraction of sp³-hybridized carbons (Fsp3) is 0.381. The van der Waals surface area contributed by atoms with Crippen molar-refractivity contribution in [2.24, 2.45) is 5.92 Å². The van der Waals surface area contributed by atoms with Crippen LogP contribution in [0.25, 0.3) is 10.2 Å². The molecule has 0 saturated carbocycles. The van der Waals surface area contributed by atoms with Gasteiger partial charge in [0.05, 0.1) is 11.1 Å². The van der Waals surface area contributed by atoms with E-state index in [-0.39, 0.29) is 17.2 Å². The normalized spacial score (nSPS) is 16.1. The maximum atomic E-state index is 12.6. The van der Waals surface area contributed by atoms with Crippen molar-refractivity contribution >= 4 is 39.2 Å². The number of amides is 1. The maximum absolute atomic E-state index is 12.6. The lowest BCUT2D eigenvalue weighted by molar-refractivity contribution is -0.118. The van der Waals surface area contributed by atoms with Crippen molar-refractivity contribution in [1.82, 2.24) is 15.3 Å². The first-order valence-corrected chi connectivity index (χ1v) is 11.3. The highest BCUT2D eigenvalue weighted by molar-refractivity contribution is 7.99. The standard InChI is InChI=1S/C21H23N3O2S2/c1-12-7-8-15-16(9-12)28-20-18(15)19(26)23-21(24-20)27-11-17(25)22-10-14-6-4-3-5-13(14)2/h3-6,12H,7-11H2,1-2H3,(H,22,25)(H,23,24,26)/t12-/m0/s1. The quantitative estimate of drug-likeness (QED) is 0.492.